The molecule has 6 rings (SSSR count). The maximum absolute atomic E-state index is 13.5. The molecule has 3 aliphatic carbocycles. The van der Waals surface area contributed by atoms with Crippen LogP contribution in [0.15, 0.2) is 66.4 Å². The molecule has 0 radical (unpaired) electrons. The second kappa shape index (κ2) is 7.19. The Bertz CT molecular complexity index is 1120. The molecule has 1 spiro atoms. The Hall–Kier alpha value is -2.68. The predicted octanol–water partition coefficient (Wildman–Crippen LogP) is 6.92. The van der Waals surface area contributed by atoms with E-state index in [1.54, 1.807) is 5.57 Å². The highest BCUT2D eigenvalue weighted by Gasteiger charge is 2.56. The molecule has 0 unspecified atom stereocenters. The minimum Gasteiger partial charge on any atom is -0.233 e. The number of fused-ring (bicyclic) bond motifs is 3. The molecule has 158 valence electrons. The van der Waals surface area contributed by atoms with Crippen LogP contribution in [0, 0.1) is 16.6 Å². The minimum absolute atomic E-state index is 0.201. The smallest absolute Gasteiger partial charge is 0.123 e. The highest BCUT2D eigenvalue weighted by molar-refractivity contribution is 5.62. The van der Waals surface area contributed by atoms with E-state index in [1.165, 1.54) is 73.9 Å². The van der Waals surface area contributed by atoms with Crippen LogP contribution in [0.25, 0.3) is 11.8 Å². The number of rotatable bonds is 3. The second-order valence-corrected chi connectivity index (χ2v) is 9.88. The molecule has 1 heterocycles. The Morgan fingerprint density at radius 1 is 0.903 bits per heavy atom. The van der Waals surface area contributed by atoms with Crippen LogP contribution in [0.1, 0.15) is 61.8 Å². The van der Waals surface area contributed by atoms with Gasteiger partial charge >= 0.3 is 0 Å². The fraction of sp³-hybridized carbons (Fsp3) is 0.393. The Morgan fingerprint density at radius 2 is 1.65 bits per heavy atom. The summed E-state index contributed by atoms with van der Waals surface area (Å²) < 4.78 is 15.5. The van der Waals surface area contributed by atoms with Crippen molar-refractivity contribution >= 4 is 6.08 Å². The molecule has 2 aromatic carbocycles. The van der Waals surface area contributed by atoms with Crippen molar-refractivity contribution in [3.05, 3.63) is 89.0 Å². The van der Waals surface area contributed by atoms with Crippen molar-refractivity contribution in [1.29, 1.82) is 0 Å². The largest absolute Gasteiger partial charge is 0.233 e. The van der Waals surface area contributed by atoms with E-state index in [0.717, 1.165) is 18.5 Å². The predicted molar refractivity (Wildman–Crippen MR) is 123 cm³/mol. The number of hydrogen-bond donors (Lipinski definition) is 0. The van der Waals surface area contributed by atoms with Gasteiger partial charge in [-0.15, -0.1) is 0 Å². The van der Waals surface area contributed by atoms with Crippen molar-refractivity contribution in [1.82, 2.24) is 9.78 Å². The van der Waals surface area contributed by atoms with Crippen LogP contribution in [-0.2, 0) is 12.8 Å². The average molecular weight is 413 g/mol. The summed E-state index contributed by atoms with van der Waals surface area (Å²) in [7, 11) is 0. The maximum Gasteiger partial charge on any atom is 0.123 e. The summed E-state index contributed by atoms with van der Waals surface area (Å²) in [4.78, 5) is 0. The van der Waals surface area contributed by atoms with Crippen LogP contribution in [0.2, 0.25) is 0 Å². The van der Waals surface area contributed by atoms with Gasteiger partial charge < -0.3 is 0 Å². The van der Waals surface area contributed by atoms with Crippen LogP contribution < -0.4 is 0 Å². The lowest BCUT2D eigenvalue weighted by Gasteiger charge is -2.56. The zero-order valence-electron chi connectivity index (χ0n) is 18.0. The summed E-state index contributed by atoms with van der Waals surface area (Å²) in [6.07, 6.45) is 16.0. The van der Waals surface area contributed by atoms with E-state index in [0.29, 0.717) is 5.41 Å². The zero-order chi connectivity index (χ0) is 20.9. The van der Waals surface area contributed by atoms with Crippen molar-refractivity contribution < 1.29 is 4.39 Å². The van der Waals surface area contributed by atoms with Gasteiger partial charge in [0.15, 0.2) is 0 Å². The molecule has 0 saturated heterocycles. The molecule has 1 atom stereocenters. The standard InChI is InChI=1S/C28H29FN2/c29-24-10-12-25(13-11-24)31-26-17-23-9-6-16-27(14-4-5-15-27)28(23,19-22(26)20-30-31)18-21-7-2-1-3-8-21/h1-3,7-8,10-13,17,20H,4-6,9,14-16,18-19H2/t28-/m0/s1. The quantitative estimate of drug-likeness (QED) is 0.456. The van der Waals surface area contributed by atoms with Crippen LogP contribution in [0.4, 0.5) is 4.39 Å². The SMILES string of the molecule is Fc1ccc(-n2ncc3c2C=C2CCCC4(CCCC4)[C@@]2(Cc2ccccc2)C3)cc1. The topological polar surface area (TPSA) is 17.8 Å². The molecule has 3 heteroatoms. The molecule has 0 amide bonds. The van der Waals surface area contributed by atoms with Gasteiger partial charge in [0.1, 0.15) is 5.82 Å². The second-order valence-electron chi connectivity index (χ2n) is 9.88. The summed E-state index contributed by atoms with van der Waals surface area (Å²) in [6.45, 7) is 0. The van der Waals surface area contributed by atoms with E-state index in [9.17, 15) is 4.39 Å². The molecule has 1 aromatic heterocycles. The summed E-state index contributed by atoms with van der Waals surface area (Å²) in [5, 5.41) is 4.76. The van der Waals surface area contributed by atoms with E-state index in [-0.39, 0.29) is 11.2 Å². The lowest BCUT2D eigenvalue weighted by Crippen LogP contribution is -2.49. The van der Waals surface area contributed by atoms with Gasteiger partial charge in [0.25, 0.3) is 0 Å². The molecule has 31 heavy (non-hydrogen) atoms. The Morgan fingerprint density at radius 3 is 2.42 bits per heavy atom. The van der Waals surface area contributed by atoms with Crippen LogP contribution in [0.3, 0.4) is 0 Å². The lowest BCUT2D eigenvalue weighted by molar-refractivity contribution is 0.0361. The first-order valence-corrected chi connectivity index (χ1v) is 11.8. The molecule has 0 aliphatic heterocycles. The molecular weight excluding hydrogens is 383 g/mol. The number of benzene rings is 2. The van der Waals surface area contributed by atoms with E-state index in [4.69, 9.17) is 5.10 Å². The third-order valence-corrected chi connectivity index (χ3v) is 8.40. The number of allylic oxidation sites excluding steroid dienone is 1. The van der Waals surface area contributed by atoms with Crippen LogP contribution >= 0.6 is 0 Å². The molecule has 3 aromatic rings. The highest BCUT2D eigenvalue weighted by atomic mass is 19.1. The normalized spacial score (nSPS) is 24.0. The Labute approximate surface area is 183 Å². The fourth-order valence-corrected chi connectivity index (χ4v) is 7.00. The molecule has 2 saturated carbocycles. The Balaban J connectivity index is 1.49. The first kappa shape index (κ1) is 19.0. The maximum atomic E-state index is 13.5. The number of halogens is 1. The first-order valence-electron chi connectivity index (χ1n) is 11.8. The van der Waals surface area contributed by atoms with E-state index in [1.807, 2.05) is 16.8 Å². The first-order chi connectivity index (χ1) is 15.2. The van der Waals surface area contributed by atoms with Crippen LogP contribution in [0.5, 0.6) is 0 Å². The molecule has 0 bridgehead atoms. The molecule has 0 N–H and O–H groups in total. The van der Waals surface area contributed by atoms with Crippen molar-refractivity contribution in [3.8, 4) is 5.69 Å². The van der Waals surface area contributed by atoms with Gasteiger partial charge in [0, 0.05) is 5.41 Å². The van der Waals surface area contributed by atoms with E-state index < -0.39 is 0 Å². The fourth-order valence-electron chi connectivity index (χ4n) is 7.00. The number of aromatic nitrogens is 2. The average Bonchev–Trinajstić information content (AvgIpc) is 3.42. The van der Waals surface area contributed by atoms with E-state index in [2.05, 4.69) is 42.6 Å². The minimum atomic E-state index is -0.208. The molecule has 2 fully saturated rings. The van der Waals surface area contributed by atoms with Crippen molar-refractivity contribution in [2.75, 3.05) is 0 Å². The number of nitrogens with zero attached hydrogens (tertiary/aromatic N) is 2. The van der Waals surface area contributed by atoms with Gasteiger partial charge in [-0.25, -0.2) is 9.07 Å². The van der Waals surface area contributed by atoms with Crippen LogP contribution in [-0.4, -0.2) is 9.78 Å². The van der Waals surface area contributed by atoms with Crippen molar-refractivity contribution in [2.45, 2.75) is 57.8 Å². The summed E-state index contributed by atoms with van der Waals surface area (Å²) in [6, 6.07) is 17.8. The molecule has 3 aliphatic rings. The monoisotopic (exact) mass is 412 g/mol. The highest BCUT2D eigenvalue weighted by Crippen LogP contribution is 2.65. The van der Waals surface area contributed by atoms with Crippen molar-refractivity contribution in [3.63, 3.8) is 0 Å². The lowest BCUT2D eigenvalue weighted by atomic mass is 9.48. The summed E-state index contributed by atoms with van der Waals surface area (Å²) in [5.74, 6) is -0.208. The molecular formula is C28H29FN2. The zero-order valence-corrected chi connectivity index (χ0v) is 18.0. The van der Waals surface area contributed by atoms with Gasteiger partial charge in [-0.05, 0) is 91.8 Å². The summed E-state index contributed by atoms with van der Waals surface area (Å²) in [5.41, 5.74) is 7.17. The number of hydrogen-bond acceptors (Lipinski definition) is 1. The van der Waals surface area contributed by atoms with E-state index >= 15 is 0 Å². The Kier molecular flexibility index (Phi) is 4.41. The molecule has 2 nitrogen and oxygen atoms in total. The van der Waals surface area contributed by atoms with Gasteiger partial charge in [-0.2, -0.15) is 5.10 Å². The third kappa shape index (κ3) is 2.93. The van der Waals surface area contributed by atoms with Gasteiger partial charge in [0.05, 0.1) is 17.6 Å². The summed E-state index contributed by atoms with van der Waals surface area (Å²) >= 11 is 0. The van der Waals surface area contributed by atoms with Gasteiger partial charge in [-0.1, -0.05) is 48.7 Å². The van der Waals surface area contributed by atoms with Gasteiger partial charge in [0.2, 0.25) is 0 Å². The van der Waals surface area contributed by atoms with Gasteiger partial charge in [-0.3, -0.25) is 0 Å². The third-order valence-electron chi connectivity index (χ3n) is 8.40. The van der Waals surface area contributed by atoms with Crippen molar-refractivity contribution in [2.24, 2.45) is 10.8 Å².